The molecule has 0 unspecified atom stereocenters. The van der Waals surface area contributed by atoms with Crippen molar-refractivity contribution in [2.45, 2.75) is 12.4 Å². The Kier molecular flexibility index (Phi) is 2.98. The standard InChI is InChI=1S/C9H4F6O/c10-8(11,12)6-3-1-5(2-4-6)7(16)9(13,14)15/h1-4H. The first kappa shape index (κ1) is 12.5. The summed E-state index contributed by atoms with van der Waals surface area (Å²) in [7, 11) is 0. The zero-order chi connectivity index (χ0) is 12.6. The lowest BCUT2D eigenvalue weighted by Gasteiger charge is -2.08. The van der Waals surface area contributed by atoms with Crippen LogP contribution in [0.15, 0.2) is 24.3 Å². The minimum Gasteiger partial charge on any atom is -0.284 e. The Morgan fingerprint density at radius 1 is 0.875 bits per heavy atom. The van der Waals surface area contributed by atoms with E-state index in [4.69, 9.17) is 0 Å². The number of hydrogen-bond donors (Lipinski definition) is 0. The van der Waals surface area contributed by atoms with Gasteiger partial charge in [0, 0.05) is 5.56 Å². The fraction of sp³-hybridized carbons (Fsp3) is 0.222. The number of rotatable bonds is 1. The molecule has 1 aromatic rings. The maximum atomic E-state index is 12.0. The van der Waals surface area contributed by atoms with Crippen LogP contribution in [-0.2, 0) is 6.18 Å². The Balaban J connectivity index is 3.01. The second-order valence-electron chi connectivity index (χ2n) is 2.90. The van der Waals surface area contributed by atoms with Gasteiger partial charge in [0.1, 0.15) is 0 Å². The van der Waals surface area contributed by atoms with E-state index in [1.165, 1.54) is 0 Å². The number of Topliss-reactive ketones (excluding diaryl/α,β-unsaturated/α-hetero) is 1. The van der Waals surface area contributed by atoms with E-state index in [2.05, 4.69) is 0 Å². The monoisotopic (exact) mass is 242 g/mol. The maximum absolute atomic E-state index is 12.0. The summed E-state index contributed by atoms with van der Waals surface area (Å²) in [5, 5.41) is 0. The fourth-order valence-electron chi connectivity index (χ4n) is 0.974. The van der Waals surface area contributed by atoms with Crippen LogP contribution in [0.1, 0.15) is 15.9 Å². The Morgan fingerprint density at radius 3 is 1.62 bits per heavy atom. The van der Waals surface area contributed by atoms with Gasteiger partial charge >= 0.3 is 12.4 Å². The molecule has 88 valence electrons. The number of carbonyl (C=O) groups excluding carboxylic acids is 1. The van der Waals surface area contributed by atoms with Gasteiger partial charge in [0.05, 0.1) is 5.56 Å². The third kappa shape index (κ3) is 2.74. The lowest BCUT2D eigenvalue weighted by atomic mass is 10.1. The smallest absolute Gasteiger partial charge is 0.284 e. The van der Waals surface area contributed by atoms with Crippen LogP contribution in [0, 0.1) is 0 Å². The molecule has 0 amide bonds. The lowest BCUT2D eigenvalue weighted by Crippen LogP contribution is -2.22. The van der Waals surface area contributed by atoms with Gasteiger partial charge in [-0.15, -0.1) is 0 Å². The van der Waals surface area contributed by atoms with E-state index in [0.717, 1.165) is 0 Å². The van der Waals surface area contributed by atoms with Crippen molar-refractivity contribution in [3.63, 3.8) is 0 Å². The molecule has 0 saturated carbocycles. The molecule has 0 aliphatic carbocycles. The first-order valence-electron chi connectivity index (χ1n) is 3.91. The van der Waals surface area contributed by atoms with Gasteiger partial charge < -0.3 is 0 Å². The Hall–Kier alpha value is -1.53. The molecule has 0 bridgehead atoms. The van der Waals surface area contributed by atoms with Crippen molar-refractivity contribution < 1.29 is 31.1 Å². The largest absolute Gasteiger partial charge is 0.454 e. The SMILES string of the molecule is O=C(c1ccc(C(F)(F)F)cc1)C(F)(F)F. The number of ketones is 1. The molecule has 0 spiro atoms. The zero-order valence-corrected chi connectivity index (χ0v) is 7.49. The molecule has 0 heterocycles. The summed E-state index contributed by atoms with van der Waals surface area (Å²) < 4.78 is 71.8. The molecule has 0 aliphatic rings. The molecule has 1 rings (SSSR count). The zero-order valence-electron chi connectivity index (χ0n) is 7.49. The molecular formula is C9H4F6O. The average Bonchev–Trinajstić information content (AvgIpc) is 2.14. The van der Waals surface area contributed by atoms with E-state index < -0.39 is 29.3 Å². The van der Waals surface area contributed by atoms with Crippen LogP contribution < -0.4 is 0 Å². The van der Waals surface area contributed by atoms with Crippen LogP contribution in [0.5, 0.6) is 0 Å². The van der Waals surface area contributed by atoms with Gasteiger partial charge in [-0.05, 0) is 12.1 Å². The number of halogens is 6. The molecule has 0 aromatic heterocycles. The van der Waals surface area contributed by atoms with Gasteiger partial charge in [-0.2, -0.15) is 26.3 Å². The molecule has 0 radical (unpaired) electrons. The summed E-state index contributed by atoms with van der Waals surface area (Å²) in [5.74, 6) is -2.17. The Morgan fingerprint density at radius 2 is 1.31 bits per heavy atom. The van der Waals surface area contributed by atoms with E-state index in [-0.39, 0.29) is 0 Å². The van der Waals surface area contributed by atoms with Gasteiger partial charge in [0.25, 0.3) is 5.78 Å². The first-order chi connectivity index (χ1) is 7.12. The van der Waals surface area contributed by atoms with Gasteiger partial charge in [-0.1, -0.05) is 12.1 Å². The summed E-state index contributed by atoms with van der Waals surface area (Å²) in [6.45, 7) is 0. The van der Waals surface area contributed by atoms with E-state index in [0.29, 0.717) is 24.3 Å². The van der Waals surface area contributed by atoms with Crippen molar-refractivity contribution in [1.82, 2.24) is 0 Å². The quantitative estimate of drug-likeness (QED) is 0.544. The van der Waals surface area contributed by atoms with Crippen LogP contribution in [0.4, 0.5) is 26.3 Å². The molecule has 0 atom stereocenters. The van der Waals surface area contributed by atoms with Crippen molar-refractivity contribution >= 4 is 5.78 Å². The summed E-state index contributed by atoms with van der Waals surface area (Å²) in [5.41, 5.74) is -1.92. The highest BCUT2D eigenvalue weighted by molar-refractivity contribution is 6.00. The maximum Gasteiger partial charge on any atom is 0.454 e. The van der Waals surface area contributed by atoms with E-state index in [9.17, 15) is 31.1 Å². The average molecular weight is 242 g/mol. The van der Waals surface area contributed by atoms with E-state index in [1.54, 1.807) is 0 Å². The van der Waals surface area contributed by atoms with Crippen LogP contribution in [0.25, 0.3) is 0 Å². The minimum atomic E-state index is -5.08. The molecule has 0 fully saturated rings. The molecule has 0 aliphatic heterocycles. The van der Waals surface area contributed by atoms with Crippen molar-refractivity contribution in [3.8, 4) is 0 Å². The molecular weight excluding hydrogens is 238 g/mol. The molecule has 1 nitrogen and oxygen atoms in total. The van der Waals surface area contributed by atoms with Gasteiger partial charge in [-0.3, -0.25) is 4.79 Å². The van der Waals surface area contributed by atoms with Crippen LogP contribution >= 0.6 is 0 Å². The minimum absolute atomic E-state index is 0.430. The van der Waals surface area contributed by atoms with E-state index >= 15 is 0 Å². The van der Waals surface area contributed by atoms with Crippen LogP contribution in [0.2, 0.25) is 0 Å². The second-order valence-corrected chi connectivity index (χ2v) is 2.90. The molecule has 16 heavy (non-hydrogen) atoms. The first-order valence-corrected chi connectivity index (χ1v) is 3.91. The lowest BCUT2D eigenvalue weighted by molar-refractivity contribution is -0.137. The van der Waals surface area contributed by atoms with Crippen molar-refractivity contribution in [2.75, 3.05) is 0 Å². The number of carbonyl (C=O) groups is 1. The topological polar surface area (TPSA) is 17.1 Å². The predicted octanol–water partition coefficient (Wildman–Crippen LogP) is 3.45. The van der Waals surface area contributed by atoms with Gasteiger partial charge in [0.15, 0.2) is 0 Å². The Labute approximate surface area is 85.7 Å². The summed E-state index contributed by atoms with van der Waals surface area (Å²) in [6, 6.07) is 1.86. The number of hydrogen-bond acceptors (Lipinski definition) is 1. The third-order valence-electron chi connectivity index (χ3n) is 1.73. The van der Waals surface area contributed by atoms with Gasteiger partial charge in [0.2, 0.25) is 0 Å². The van der Waals surface area contributed by atoms with Crippen molar-refractivity contribution in [3.05, 3.63) is 35.4 Å². The highest BCUT2D eigenvalue weighted by atomic mass is 19.4. The molecule has 1 aromatic carbocycles. The van der Waals surface area contributed by atoms with Crippen LogP contribution in [0.3, 0.4) is 0 Å². The highest BCUT2D eigenvalue weighted by Gasteiger charge is 2.39. The predicted molar refractivity (Wildman–Crippen MR) is 41.8 cm³/mol. The van der Waals surface area contributed by atoms with Crippen LogP contribution in [-0.4, -0.2) is 12.0 Å². The summed E-state index contributed by atoms with van der Waals surface area (Å²) in [4.78, 5) is 10.6. The van der Waals surface area contributed by atoms with Crippen molar-refractivity contribution in [1.29, 1.82) is 0 Å². The number of alkyl halides is 6. The van der Waals surface area contributed by atoms with Crippen molar-refractivity contribution in [2.24, 2.45) is 0 Å². The van der Waals surface area contributed by atoms with Gasteiger partial charge in [-0.25, -0.2) is 0 Å². The summed E-state index contributed by atoms with van der Waals surface area (Å²) in [6.07, 6.45) is -9.72. The molecule has 7 heteroatoms. The second kappa shape index (κ2) is 3.80. The number of benzene rings is 1. The fourth-order valence-corrected chi connectivity index (χ4v) is 0.974. The normalized spacial score (nSPS) is 12.6. The highest BCUT2D eigenvalue weighted by Crippen LogP contribution is 2.30. The third-order valence-corrected chi connectivity index (χ3v) is 1.73. The summed E-state index contributed by atoms with van der Waals surface area (Å²) >= 11 is 0. The van der Waals surface area contributed by atoms with E-state index in [1.807, 2.05) is 0 Å². The Bertz CT molecular complexity index is 386. The molecule has 0 saturated heterocycles. The molecule has 0 N–H and O–H groups in total.